The summed E-state index contributed by atoms with van der Waals surface area (Å²) in [5.74, 6) is -1.03. The van der Waals surface area contributed by atoms with Gasteiger partial charge in [-0.05, 0) is 69.7 Å². The Bertz CT molecular complexity index is 1760. The highest BCUT2D eigenvalue weighted by Crippen LogP contribution is 2.29. The summed E-state index contributed by atoms with van der Waals surface area (Å²) < 4.78 is 40.0. The third-order valence-corrected chi connectivity index (χ3v) is 6.95. The zero-order valence-corrected chi connectivity index (χ0v) is 25.8. The first-order chi connectivity index (χ1) is 21.8. The molecule has 5 rings (SSSR count). The molecular weight excluding hydrogens is 598 g/mol. The van der Waals surface area contributed by atoms with Gasteiger partial charge in [0, 0.05) is 50.7 Å². The lowest BCUT2D eigenvalue weighted by atomic mass is 10.2. The number of halogens is 2. The molecule has 0 bridgehead atoms. The fourth-order valence-electron chi connectivity index (χ4n) is 4.70. The first-order valence-corrected chi connectivity index (χ1v) is 14.6. The van der Waals surface area contributed by atoms with Crippen LogP contribution in [0, 0.1) is 18.6 Å². The van der Waals surface area contributed by atoms with Crippen LogP contribution in [0.3, 0.4) is 0 Å². The van der Waals surface area contributed by atoms with E-state index in [9.17, 15) is 23.2 Å². The van der Waals surface area contributed by atoms with Gasteiger partial charge in [-0.3, -0.25) is 9.78 Å². The number of benzene rings is 2. The van der Waals surface area contributed by atoms with E-state index in [2.05, 4.69) is 20.6 Å². The number of aryl methyl sites for hydroxylation is 1. The van der Waals surface area contributed by atoms with Gasteiger partial charge in [-0.2, -0.15) is 0 Å². The van der Waals surface area contributed by atoms with E-state index in [1.54, 1.807) is 47.2 Å². The number of pyridine rings is 1. The van der Waals surface area contributed by atoms with Gasteiger partial charge in [-0.25, -0.2) is 18.4 Å². The average Bonchev–Trinajstić information content (AvgIpc) is 3.50. The summed E-state index contributed by atoms with van der Waals surface area (Å²) in [6.07, 6.45) is 2.72. The predicted octanol–water partition coefficient (Wildman–Crippen LogP) is 6.79. The molecule has 2 aromatic carbocycles. The number of nitrogens with zero attached hydrogens (tertiary/aromatic N) is 3. The van der Waals surface area contributed by atoms with Crippen LogP contribution in [-0.2, 0) is 4.74 Å². The largest absolute Gasteiger partial charge is 0.457 e. The predicted molar refractivity (Wildman–Crippen MR) is 168 cm³/mol. The molecule has 1 fully saturated rings. The van der Waals surface area contributed by atoms with E-state index in [1.165, 1.54) is 30.5 Å². The van der Waals surface area contributed by atoms with Gasteiger partial charge in [0.15, 0.2) is 0 Å². The molecule has 11 nitrogen and oxygen atoms in total. The molecule has 0 saturated carbocycles. The molecule has 0 unspecified atom stereocenters. The molecule has 2 aromatic heterocycles. The minimum absolute atomic E-state index is 0.0250. The summed E-state index contributed by atoms with van der Waals surface area (Å²) in [5, 5.41) is 4.73. The molecule has 1 saturated heterocycles. The number of carbonyl (C=O) groups is 3. The van der Waals surface area contributed by atoms with Gasteiger partial charge < -0.3 is 34.9 Å². The number of aromatic amines is 1. The molecule has 0 radical (unpaired) electrons. The number of carbonyl (C=O) groups excluding carboxylic acids is 3. The summed E-state index contributed by atoms with van der Waals surface area (Å²) >= 11 is 0. The van der Waals surface area contributed by atoms with Crippen molar-refractivity contribution in [3.63, 3.8) is 0 Å². The van der Waals surface area contributed by atoms with E-state index in [4.69, 9.17) is 9.47 Å². The van der Waals surface area contributed by atoms with Gasteiger partial charge in [-0.15, -0.1) is 0 Å². The molecule has 13 heteroatoms. The van der Waals surface area contributed by atoms with Crippen molar-refractivity contribution < 1.29 is 32.6 Å². The van der Waals surface area contributed by atoms with E-state index in [1.807, 2.05) is 20.8 Å². The quantitative estimate of drug-likeness (QED) is 0.215. The minimum atomic E-state index is -0.803. The van der Waals surface area contributed by atoms with Crippen molar-refractivity contribution in [2.45, 2.75) is 33.3 Å². The van der Waals surface area contributed by atoms with Crippen molar-refractivity contribution in [2.24, 2.45) is 0 Å². The molecule has 1 aliphatic rings. The third kappa shape index (κ3) is 7.97. The maximum Gasteiger partial charge on any atom is 0.410 e. The van der Waals surface area contributed by atoms with E-state index < -0.39 is 29.4 Å². The second kappa shape index (κ2) is 13.3. The smallest absolute Gasteiger partial charge is 0.410 e. The molecule has 3 N–H and O–H groups in total. The van der Waals surface area contributed by atoms with E-state index in [0.717, 1.165) is 11.6 Å². The van der Waals surface area contributed by atoms with Gasteiger partial charge >= 0.3 is 12.1 Å². The Labute approximate surface area is 264 Å². The highest BCUT2D eigenvalue weighted by molar-refractivity contribution is 6.00. The van der Waals surface area contributed by atoms with Gasteiger partial charge in [-0.1, -0.05) is 6.07 Å². The number of aromatic nitrogens is 2. The monoisotopic (exact) mass is 632 g/mol. The van der Waals surface area contributed by atoms with Crippen LogP contribution in [0.2, 0.25) is 0 Å². The second-order valence-corrected chi connectivity index (χ2v) is 11.7. The van der Waals surface area contributed by atoms with Crippen molar-refractivity contribution >= 4 is 29.4 Å². The number of H-pyrrole nitrogens is 1. The standard InChI is InChI=1S/C33H34F2N6O5/c1-20-5-7-24(34)27(15-20)39-31(43)38-26-8-6-22(17-25(26)35)45-23-9-10-36-29(18-23)28-16-21(19-37-28)30(42)40-11-13-41(14-12-40)32(44)46-33(2,3)4/h5-10,15-19,37H,11-14H2,1-4H3,(H2,38,39,43). The highest BCUT2D eigenvalue weighted by atomic mass is 19.1. The first-order valence-electron chi connectivity index (χ1n) is 14.6. The average molecular weight is 633 g/mol. The molecule has 4 aromatic rings. The lowest BCUT2D eigenvalue weighted by Gasteiger charge is -2.35. The fourth-order valence-corrected chi connectivity index (χ4v) is 4.70. The lowest BCUT2D eigenvalue weighted by Crippen LogP contribution is -2.51. The molecule has 240 valence electrons. The highest BCUT2D eigenvalue weighted by Gasteiger charge is 2.28. The maximum atomic E-state index is 14.8. The van der Waals surface area contributed by atoms with Gasteiger partial charge in [0.2, 0.25) is 0 Å². The molecule has 4 amide bonds. The van der Waals surface area contributed by atoms with Crippen LogP contribution < -0.4 is 15.4 Å². The van der Waals surface area contributed by atoms with Crippen LogP contribution in [0.25, 0.3) is 11.4 Å². The zero-order chi connectivity index (χ0) is 33.0. The van der Waals surface area contributed by atoms with Crippen molar-refractivity contribution in [1.82, 2.24) is 19.8 Å². The Morgan fingerprint density at radius 1 is 0.848 bits per heavy atom. The summed E-state index contributed by atoms with van der Waals surface area (Å²) in [6.45, 7) is 8.68. The van der Waals surface area contributed by atoms with Gasteiger partial charge in [0.25, 0.3) is 5.91 Å². The summed E-state index contributed by atoms with van der Waals surface area (Å²) in [5.41, 5.74) is 1.51. The number of ether oxygens (including phenoxy) is 2. The summed E-state index contributed by atoms with van der Waals surface area (Å²) in [7, 11) is 0. The normalized spacial score (nSPS) is 13.3. The van der Waals surface area contributed by atoms with Crippen LogP contribution in [0.5, 0.6) is 11.5 Å². The van der Waals surface area contributed by atoms with Crippen LogP contribution in [0.15, 0.2) is 67.0 Å². The molecular formula is C33H34F2N6O5. The summed E-state index contributed by atoms with van der Waals surface area (Å²) in [6, 6.07) is 12.3. The van der Waals surface area contributed by atoms with E-state index in [0.29, 0.717) is 48.9 Å². The first kappa shape index (κ1) is 31.9. The van der Waals surface area contributed by atoms with Crippen molar-refractivity contribution in [3.8, 4) is 22.9 Å². The Morgan fingerprint density at radius 2 is 1.54 bits per heavy atom. The van der Waals surface area contributed by atoms with Gasteiger partial charge in [0.1, 0.15) is 28.7 Å². The van der Waals surface area contributed by atoms with Crippen LogP contribution in [0.4, 0.5) is 29.7 Å². The second-order valence-electron chi connectivity index (χ2n) is 11.7. The Balaban J connectivity index is 1.18. The molecule has 0 atom stereocenters. The molecule has 3 heterocycles. The number of anilines is 2. The minimum Gasteiger partial charge on any atom is -0.457 e. The number of nitrogens with one attached hydrogen (secondary N) is 3. The van der Waals surface area contributed by atoms with Crippen molar-refractivity contribution in [2.75, 3.05) is 36.8 Å². The number of hydrogen-bond donors (Lipinski definition) is 3. The molecule has 0 aliphatic carbocycles. The maximum absolute atomic E-state index is 14.8. The number of amides is 4. The Kier molecular flexibility index (Phi) is 9.21. The number of piperazine rings is 1. The van der Waals surface area contributed by atoms with E-state index >= 15 is 0 Å². The third-order valence-electron chi connectivity index (χ3n) is 6.95. The molecule has 46 heavy (non-hydrogen) atoms. The Hall–Kier alpha value is -5.46. The van der Waals surface area contributed by atoms with Crippen LogP contribution in [0.1, 0.15) is 36.7 Å². The lowest BCUT2D eigenvalue weighted by molar-refractivity contribution is 0.0141. The van der Waals surface area contributed by atoms with Crippen molar-refractivity contribution in [3.05, 3.63) is 89.8 Å². The van der Waals surface area contributed by atoms with Crippen LogP contribution >= 0.6 is 0 Å². The van der Waals surface area contributed by atoms with Gasteiger partial charge in [0.05, 0.1) is 28.3 Å². The van der Waals surface area contributed by atoms with E-state index in [-0.39, 0.29) is 23.0 Å². The molecule has 0 spiro atoms. The number of urea groups is 1. The van der Waals surface area contributed by atoms with Crippen LogP contribution in [-0.4, -0.2) is 69.6 Å². The SMILES string of the molecule is Cc1ccc(F)c(NC(=O)Nc2ccc(Oc3ccnc(-c4cc(C(=O)N5CCN(C(=O)OC(C)(C)C)CC5)c[nH]4)c3)cc2F)c1. The Morgan fingerprint density at radius 3 is 2.26 bits per heavy atom. The van der Waals surface area contributed by atoms with Crippen molar-refractivity contribution in [1.29, 1.82) is 0 Å². The summed E-state index contributed by atoms with van der Waals surface area (Å²) in [4.78, 5) is 48.5. The zero-order valence-electron chi connectivity index (χ0n) is 25.8. The topological polar surface area (TPSA) is 129 Å². The molecule has 1 aliphatic heterocycles. The fraction of sp³-hybridized carbons (Fsp3) is 0.273. The number of hydrogen-bond acceptors (Lipinski definition) is 6. The number of rotatable bonds is 6.